The number of methoxy groups -OCH3 is 1. The van der Waals surface area contributed by atoms with Gasteiger partial charge in [-0.3, -0.25) is 9.69 Å². The van der Waals surface area contributed by atoms with Gasteiger partial charge in [-0.1, -0.05) is 19.8 Å². The summed E-state index contributed by atoms with van der Waals surface area (Å²) in [4.78, 5) is 14.2. The van der Waals surface area contributed by atoms with E-state index in [9.17, 15) is 4.79 Å². The molecule has 0 aromatic heterocycles. The highest BCUT2D eigenvalue weighted by atomic mass is 16.5. The third kappa shape index (κ3) is 2.97. The first-order valence-electron chi connectivity index (χ1n) is 6.37. The van der Waals surface area contributed by atoms with Gasteiger partial charge in [0.2, 0.25) is 0 Å². The fraction of sp³-hybridized carbons (Fsp3) is 0.923. The fourth-order valence-electron chi connectivity index (χ4n) is 2.64. The van der Waals surface area contributed by atoms with E-state index in [4.69, 9.17) is 4.74 Å². The molecule has 1 aliphatic heterocycles. The lowest BCUT2D eigenvalue weighted by Crippen LogP contribution is -2.49. The van der Waals surface area contributed by atoms with E-state index in [1.54, 1.807) is 0 Å². The smallest absolute Gasteiger partial charge is 0.323 e. The molecule has 1 fully saturated rings. The number of esters is 1. The molecule has 0 bridgehead atoms. The van der Waals surface area contributed by atoms with E-state index >= 15 is 0 Å². The molecule has 0 radical (unpaired) electrons. The molecule has 1 unspecified atom stereocenters. The van der Waals surface area contributed by atoms with E-state index in [1.807, 2.05) is 0 Å². The third-order valence-electron chi connectivity index (χ3n) is 3.65. The predicted octanol–water partition coefficient (Wildman–Crippen LogP) is 2.59. The topological polar surface area (TPSA) is 29.5 Å². The SMILES string of the molecule is CCCCC(C(=O)OC)N1CCCC1(C)C. The normalized spacial score (nSPS) is 22.0. The van der Waals surface area contributed by atoms with Gasteiger partial charge in [0.05, 0.1) is 7.11 Å². The second-order valence-electron chi connectivity index (χ2n) is 5.29. The van der Waals surface area contributed by atoms with Crippen LogP contribution in [-0.4, -0.2) is 36.1 Å². The number of hydrogen-bond acceptors (Lipinski definition) is 3. The summed E-state index contributed by atoms with van der Waals surface area (Å²) in [6.07, 6.45) is 5.50. The van der Waals surface area contributed by atoms with Crippen LogP contribution in [0.1, 0.15) is 52.9 Å². The van der Waals surface area contributed by atoms with Crippen molar-refractivity contribution in [2.45, 2.75) is 64.5 Å². The number of hydrogen-bond donors (Lipinski definition) is 0. The molecule has 1 aliphatic rings. The van der Waals surface area contributed by atoms with Crippen LogP contribution in [0.2, 0.25) is 0 Å². The van der Waals surface area contributed by atoms with Crippen LogP contribution in [-0.2, 0) is 9.53 Å². The summed E-state index contributed by atoms with van der Waals surface area (Å²) < 4.78 is 4.93. The standard InChI is InChI=1S/C13H25NO2/c1-5-6-8-11(12(15)16-4)14-10-7-9-13(14,2)3/h11H,5-10H2,1-4H3. The van der Waals surface area contributed by atoms with Crippen molar-refractivity contribution in [3.05, 3.63) is 0 Å². The molecule has 1 heterocycles. The summed E-state index contributed by atoms with van der Waals surface area (Å²) in [6, 6.07) is -0.0394. The summed E-state index contributed by atoms with van der Waals surface area (Å²) in [6.45, 7) is 7.63. The monoisotopic (exact) mass is 227 g/mol. The Morgan fingerprint density at radius 1 is 1.50 bits per heavy atom. The number of unbranched alkanes of at least 4 members (excludes halogenated alkanes) is 1. The maximum atomic E-state index is 11.8. The van der Waals surface area contributed by atoms with Gasteiger partial charge in [-0.25, -0.2) is 0 Å². The first kappa shape index (κ1) is 13.5. The van der Waals surface area contributed by atoms with Crippen molar-refractivity contribution >= 4 is 5.97 Å². The average Bonchev–Trinajstić information content (AvgIpc) is 2.59. The number of nitrogens with zero attached hydrogens (tertiary/aromatic N) is 1. The summed E-state index contributed by atoms with van der Waals surface area (Å²) >= 11 is 0. The lowest BCUT2D eigenvalue weighted by atomic mass is 9.98. The van der Waals surface area contributed by atoms with Gasteiger partial charge in [0.25, 0.3) is 0 Å². The second kappa shape index (κ2) is 5.67. The molecule has 1 atom stereocenters. The summed E-state index contributed by atoms with van der Waals surface area (Å²) in [7, 11) is 1.49. The summed E-state index contributed by atoms with van der Waals surface area (Å²) in [5.41, 5.74) is 0.145. The molecule has 0 N–H and O–H groups in total. The predicted molar refractivity (Wildman–Crippen MR) is 65.3 cm³/mol. The molecule has 16 heavy (non-hydrogen) atoms. The lowest BCUT2D eigenvalue weighted by molar-refractivity contribution is -0.149. The van der Waals surface area contributed by atoms with E-state index in [1.165, 1.54) is 20.0 Å². The zero-order valence-corrected chi connectivity index (χ0v) is 11.1. The number of carbonyl (C=O) groups is 1. The molecule has 1 saturated heterocycles. The van der Waals surface area contributed by atoms with Crippen LogP contribution in [0, 0.1) is 0 Å². The molecule has 1 rings (SSSR count). The Balaban J connectivity index is 2.71. The van der Waals surface area contributed by atoms with E-state index in [2.05, 4.69) is 25.7 Å². The molecular formula is C13H25NO2. The Kier molecular flexibility index (Phi) is 4.78. The Morgan fingerprint density at radius 3 is 2.62 bits per heavy atom. The molecule has 0 aliphatic carbocycles. The Labute approximate surface area is 99.1 Å². The molecule has 3 heteroatoms. The highest BCUT2D eigenvalue weighted by Crippen LogP contribution is 2.32. The summed E-state index contributed by atoms with van der Waals surface area (Å²) in [5.74, 6) is -0.0663. The van der Waals surface area contributed by atoms with E-state index in [0.29, 0.717) is 0 Å². The largest absolute Gasteiger partial charge is 0.468 e. The van der Waals surface area contributed by atoms with E-state index in [0.717, 1.165) is 25.8 Å². The van der Waals surface area contributed by atoms with Gasteiger partial charge in [-0.2, -0.15) is 0 Å². The minimum atomic E-state index is -0.0663. The van der Waals surface area contributed by atoms with Crippen LogP contribution >= 0.6 is 0 Å². The van der Waals surface area contributed by atoms with Gasteiger partial charge < -0.3 is 4.74 Å². The van der Waals surface area contributed by atoms with Crippen molar-refractivity contribution in [3.63, 3.8) is 0 Å². The zero-order chi connectivity index (χ0) is 12.2. The molecule has 0 aromatic rings. The van der Waals surface area contributed by atoms with Gasteiger partial charge in [0.1, 0.15) is 6.04 Å². The van der Waals surface area contributed by atoms with Gasteiger partial charge in [-0.05, 0) is 39.7 Å². The lowest BCUT2D eigenvalue weighted by Gasteiger charge is -2.36. The maximum absolute atomic E-state index is 11.8. The van der Waals surface area contributed by atoms with Crippen molar-refractivity contribution in [1.82, 2.24) is 4.90 Å². The number of ether oxygens (including phenoxy) is 1. The van der Waals surface area contributed by atoms with Crippen LogP contribution < -0.4 is 0 Å². The van der Waals surface area contributed by atoms with E-state index in [-0.39, 0.29) is 17.6 Å². The molecule has 94 valence electrons. The molecular weight excluding hydrogens is 202 g/mol. The Morgan fingerprint density at radius 2 is 2.19 bits per heavy atom. The summed E-state index contributed by atoms with van der Waals surface area (Å²) in [5, 5.41) is 0. The minimum absolute atomic E-state index is 0.0394. The van der Waals surface area contributed by atoms with Crippen molar-refractivity contribution in [2.24, 2.45) is 0 Å². The van der Waals surface area contributed by atoms with Gasteiger partial charge in [-0.15, -0.1) is 0 Å². The zero-order valence-electron chi connectivity index (χ0n) is 11.1. The molecule has 3 nitrogen and oxygen atoms in total. The quantitative estimate of drug-likeness (QED) is 0.676. The Bertz CT molecular complexity index is 238. The van der Waals surface area contributed by atoms with E-state index < -0.39 is 0 Å². The van der Waals surface area contributed by atoms with Crippen LogP contribution in [0.4, 0.5) is 0 Å². The number of likely N-dealkylation sites (tertiary alicyclic amines) is 1. The molecule has 0 amide bonds. The fourth-order valence-corrected chi connectivity index (χ4v) is 2.64. The number of carbonyl (C=O) groups excluding carboxylic acids is 1. The second-order valence-corrected chi connectivity index (χ2v) is 5.29. The van der Waals surface area contributed by atoms with Crippen molar-refractivity contribution in [2.75, 3.05) is 13.7 Å². The van der Waals surface area contributed by atoms with Crippen LogP contribution in [0.25, 0.3) is 0 Å². The molecule has 0 saturated carbocycles. The van der Waals surface area contributed by atoms with Crippen LogP contribution in [0.3, 0.4) is 0 Å². The first-order valence-corrected chi connectivity index (χ1v) is 6.37. The molecule has 0 spiro atoms. The highest BCUT2D eigenvalue weighted by molar-refractivity contribution is 5.75. The van der Waals surface area contributed by atoms with Crippen LogP contribution in [0.15, 0.2) is 0 Å². The maximum Gasteiger partial charge on any atom is 0.323 e. The van der Waals surface area contributed by atoms with Gasteiger partial charge in [0, 0.05) is 5.54 Å². The van der Waals surface area contributed by atoms with Gasteiger partial charge in [0.15, 0.2) is 0 Å². The van der Waals surface area contributed by atoms with Crippen molar-refractivity contribution < 1.29 is 9.53 Å². The average molecular weight is 227 g/mol. The van der Waals surface area contributed by atoms with Crippen molar-refractivity contribution in [1.29, 1.82) is 0 Å². The first-order chi connectivity index (χ1) is 7.53. The van der Waals surface area contributed by atoms with Crippen LogP contribution in [0.5, 0.6) is 0 Å². The highest BCUT2D eigenvalue weighted by Gasteiger charge is 2.39. The third-order valence-corrected chi connectivity index (χ3v) is 3.65. The minimum Gasteiger partial charge on any atom is -0.468 e. The van der Waals surface area contributed by atoms with Gasteiger partial charge >= 0.3 is 5.97 Å². The number of rotatable bonds is 5. The van der Waals surface area contributed by atoms with Crippen molar-refractivity contribution in [3.8, 4) is 0 Å². The molecule has 0 aromatic carbocycles. The Hall–Kier alpha value is -0.570.